The van der Waals surface area contributed by atoms with E-state index >= 15 is 0 Å². The Hall–Kier alpha value is -2.04. The molecule has 5 heteroatoms. The van der Waals surface area contributed by atoms with Gasteiger partial charge in [-0.25, -0.2) is 0 Å². The van der Waals surface area contributed by atoms with Gasteiger partial charge >= 0.3 is 0 Å². The molecule has 0 radical (unpaired) electrons. The Morgan fingerprint density at radius 3 is 2.88 bits per heavy atom. The van der Waals surface area contributed by atoms with Gasteiger partial charge < -0.3 is 15.8 Å². The first kappa shape index (κ1) is 11.4. The molecule has 0 saturated heterocycles. The molecule has 17 heavy (non-hydrogen) atoms. The molecule has 3 N–H and O–H groups in total. The number of rotatable bonds is 2. The van der Waals surface area contributed by atoms with Crippen molar-refractivity contribution in [2.45, 2.75) is 25.8 Å². The van der Waals surface area contributed by atoms with Gasteiger partial charge in [0.25, 0.3) is 0 Å². The molecule has 1 aliphatic rings. The van der Waals surface area contributed by atoms with E-state index in [9.17, 15) is 4.79 Å². The van der Waals surface area contributed by atoms with Gasteiger partial charge in [-0.15, -0.1) is 0 Å². The zero-order chi connectivity index (χ0) is 12.4. The lowest BCUT2D eigenvalue weighted by atomic mass is 9.99. The molecule has 0 aliphatic carbocycles. The van der Waals surface area contributed by atoms with Crippen LogP contribution in [0.15, 0.2) is 29.4 Å². The first-order valence-electron chi connectivity index (χ1n) is 5.52. The van der Waals surface area contributed by atoms with Crippen molar-refractivity contribution in [3.8, 4) is 0 Å². The molecule has 0 aromatic heterocycles. The third kappa shape index (κ3) is 1.95. The van der Waals surface area contributed by atoms with Crippen LogP contribution in [-0.4, -0.2) is 23.0 Å². The SMILES string of the molecule is CC(/C(N)=N/O)N1C(=O)CCc2ccccc21. The Bertz CT molecular complexity index is 471. The monoisotopic (exact) mass is 233 g/mol. The van der Waals surface area contributed by atoms with Crippen LogP contribution in [0.1, 0.15) is 18.9 Å². The highest BCUT2D eigenvalue weighted by Gasteiger charge is 2.29. The van der Waals surface area contributed by atoms with Crippen LogP contribution in [0.3, 0.4) is 0 Å². The predicted octanol–water partition coefficient (Wildman–Crippen LogP) is 1.10. The predicted molar refractivity (Wildman–Crippen MR) is 65.1 cm³/mol. The third-order valence-corrected chi connectivity index (χ3v) is 3.06. The van der Waals surface area contributed by atoms with E-state index in [1.807, 2.05) is 24.3 Å². The molecule has 1 unspecified atom stereocenters. The summed E-state index contributed by atoms with van der Waals surface area (Å²) in [5, 5.41) is 11.7. The quantitative estimate of drug-likeness (QED) is 0.347. The molecule has 0 fully saturated rings. The van der Waals surface area contributed by atoms with Gasteiger partial charge in [-0.2, -0.15) is 0 Å². The van der Waals surface area contributed by atoms with Gasteiger partial charge in [0, 0.05) is 12.1 Å². The number of amidine groups is 1. The Labute approximate surface area is 99.5 Å². The maximum Gasteiger partial charge on any atom is 0.227 e. The zero-order valence-corrected chi connectivity index (χ0v) is 9.63. The summed E-state index contributed by atoms with van der Waals surface area (Å²) >= 11 is 0. The molecule has 1 heterocycles. The maximum atomic E-state index is 12.0. The number of hydrogen-bond acceptors (Lipinski definition) is 3. The summed E-state index contributed by atoms with van der Waals surface area (Å²) in [6.07, 6.45) is 1.20. The third-order valence-electron chi connectivity index (χ3n) is 3.06. The van der Waals surface area contributed by atoms with Gasteiger partial charge in [0.05, 0.1) is 6.04 Å². The average molecular weight is 233 g/mol. The van der Waals surface area contributed by atoms with Crippen molar-refractivity contribution in [1.29, 1.82) is 0 Å². The highest BCUT2D eigenvalue weighted by molar-refractivity contribution is 6.03. The number of nitrogens with zero attached hydrogens (tertiary/aromatic N) is 2. The van der Waals surface area contributed by atoms with Crippen LogP contribution in [0, 0.1) is 0 Å². The largest absolute Gasteiger partial charge is 0.409 e. The Kier molecular flexibility index (Phi) is 2.99. The average Bonchev–Trinajstić information content (AvgIpc) is 2.37. The summed E-state index contributed by atoms with van der Waals surface area (Å²) in [4.78, 5) is 13.5. The fourth-order valence-electron chi connectivity index (χ4n) is 2.09. The van der Waals surface area contributed by atoms with E-state index in [0.29, 0.717) is 6.42 Å². The Morgan fingerprint density at radius 1 is 1.47 bits per heavy atom. The van der Waals surface area contributed by atoms with Crippen molar-refractivity contribution in [1.82, 2.24) is 0 Å². The molecule has 2 rings (SSSR count). The topological polar surface area (TPSA) is 78.9 Å². The minimum atomic E-state index is -0.436. The van der Waals surface area contributed by atoms with Crippen molar-refractivity contribution >= 4 is 17.4 Å². The summed E-state index contributed by atoms with van der Waals surface area (Å²) in [5.74, 6) is 0.0397. The van der Waals surface area contributed by atoms with Gasteiger partial charge in [0.15, 0.2) is 5.84 Å². The Balaban J connectivity index is 2.43. The van der Waals surface area contributed by atoms with E-state index in [1.54, 1.807) is 11.8 Å². The van der Waals surface area contributed by atoms with Gasteiger partial charge in [-0.3, -0.25) is 4.79 Å². The molecular formula is C12H15N3O2. The van der Waals surface area contributed by atoms with Gasteiger partial charge in [0.1, 0.15) is 0 Å². The number of amides is 1. The number of benzene rings is 1. The minimum Gasteiger partial charge on any atom is -0.409 e. The number of fused-ring (bicyclic) bond motifs is 1. The van der Waals surface area contributed by atoms with Crippen LogP contribution < -0.4 is 10.6 Å². The lowest BCUT2D eigenvalue weighted by molar-refractivity contribution is -0.119. The van der Waals surface area contributed by atoms with E-state index in [-0.39, 0.29) is 11.7 Å². The van der Waals surface area contributed by atoms with Crippen molar-refractivity contribution in [2.24, 2.45) is 10.9 Å². The van der Waals surface area contributed by atoms with Crippen molar-refractivity contribution in [2.75, 3.05) is 4.90 Å². The lowest BCUT2D eigenvalue weighted by Crippen LogP contribution is -2.48. The van der Waals surface area contributed by atoms with Crippen LogP contribution >= 0.6 is 0 Å². The molecule has 5 nitrogen and oxygen atoms in total. The molecular weight excluding hydrogens is 218 g/mol. The number of carbonyl (C=O) groups excluding carboxylic acids is 1. The van der Waals surface area contributed by atoms with Gasteiger partial charge in [0.2, 0.25) is 5.91 Å². The van der Waals surface area contributed by atoms with E-state index in [2.05, 4.69) is 5.16 Å². The van der Waals surface area contributed by atoms with Gasteiger partial charge in [-0.1, -0.05) is 23.4 Å². The number of nitrogens with two attached hydrogens (primary N) is 1. The van der Waals surface area contributed by atoms with Crippen molar-refractivity contribution in [3.63, 3.8) is 0 Å². The van der Waals surface area contributed by atoms with E-state index < -0.39 is 6.04 Å². The number of anilines is 1. The van der Waals surface area contributed by atoms with Crippen LogP contribution in [0.5, 0.6) is 0 Å². The van der Waals surface area contributed by atoms with Crippen molar-refractivity contribution < 1.29 is 10.0 Å². The van der Waals surface area contributed by atoms with E-state index in [4.69, 9.17) is 10.9 Å². The number of para-hydroxylation sites is 1. The summed E-state index contributed by atoms with van der Waals surface area (Å²) in [6.45, 7) is 1.75. The second-order valence-electron chi connectivity index (χ2n) is 4.09. The fraction of sp³-hybridized carbons (Fsp3) is 0.333. The molecule has 1 aromatic carbocycles. The highest BCUT2D eigenvalue weighted by atomic mass is 16.4. The summed E-state index contributed by atoms with van der Waals surface area (Å²) in [5.41, 5.74) is 7.54. The molecule has 90 valence electrons. The smallest absolute Gasteiger partial charge is 0.227 e. The first-order chi connectivity index (χ1) is 8.15. The number of aryl methyl sites for hydroxylation is 1. The lowest BCUT2D eigenvalue weighted by Gasteiger charge is -2.33. The minimum absolute atomic E-state index is 0.00259. The maximum absolute atomic E-state index is 12.0. The number of carbonyl (C=O) groups is 1. The highest BCUT2D eigenvalue weighted by Crippen LogP contribution is 2.29. The normalized spacial score (nSPS) is 17.8. The summed E-state index contributed by atoms with van der Waals surface area (Å²) in [7, 11) is 0. The van der Waals surface area contributed by atoms with Crippen LogP contribution in [-0.2, 0) is 11.2 Å². The molecule has 1 atom stereocenters. The van der Waals surface area contributed by atoms with E-state index in [1.165, 1.54) is 0 Å². The number of oxime groups is 1. The second kappa shape index (κ2) is 4.45. The molecule has 1 aliphatic heterocycles. The van der Waals surface area contributed by atoms with Crippen LogP contribution in [0.2, 0.25) is 0 Å². The van der Waals surface area contributed by atoms with Crippen molar-refractivity contribution in [3.05, 3.63) is 29.8 Å². The molecule has 0 bridgehead atoms. The molecule has 1 amide bonds. The Morgan fingerprint density at radius 2 is 2.18 bits per heavy atom. The second-order valence-corrected chi connectivity index (χ2v) is 4.09. The standard InChI is InChI=1S/C12H15N3O2/c1-8(12(13)14-17)15-10-5-3-2-4-9(10)6-7-11(15)16/h2-5,8,17H,6-7H2,1H3,(H2,13,14). The molecule has 1 aromatic rings. The zero-order valence-electron chi connectivity index (χ0n) is 9.63. The van der Waals surface area contributed by atoms with Crippen LogP contribution in [0.4, 0.5) is 5.69 Å². The first-order valence-corrected chi connectivity index (χ1v) is 5.52. The number of hydrogen-bond donors (Lipinski definition) is 2. The summed E-state index contributed by atoms with van der Waals surface area (Å²) < 4.78 is 0. The van der Waals surface area contributed by atoms with Crippen LogP contribution in [0.25, 0.3) is 0 Å². The van der Waals surface area contributed by atoms with Gasteiger partial charge in [-0.05, 0) is 25.0 Å². The molecule has 0 spiro atoms. The van der Waals surface area contributed by atoms with E-state index in [0.717, 1.165) is 17.7 Å². The molecule has 0 saturated carbocycles. The fourth-order valence-corrected chi connectivity index (χ4v) is 2.09. The summed E-state index contributed by atoms with van der Waals surface area (Å²) in [6, 6.07) is 7.26.